The van der Waals surface area contributed by atoms with E-state index in [-0.39, 0.29) is 0 Å². The number of rotatable bonds is 10. The molecule has 5 N–H and O–H groups in total. The molecule has 0 spiro atoms. The normalized spacial score (nSPS) is 10.9. The molecule has 0 bridgehead atoms. The third-order valence-corrected chi connectivity index (χ3v) is 2.47. The number of aliphatic carboxylic acids is 1. The number of aliphatic imine (C=N–C) groups is 1. The Morgan fingerprint density at radius 3 is 2.42 bits per heavy atom. The zero-order valence-corrected chi connectivity index (χ0v) is 11.8. The van der Waals surface area contributed by atoms with Gasteiger partial charge >= 0.3 is 5.97 Å². The monoisotopic (exact) mass is 273 g/mol. The Morgan fingerprint density at radius 1 is 1.26 bits per heavy atom. The van der Waals surface area contributed by atoms with E-state index < -0.39 is 12.0 Å². The predicted octanol–water partition coefficient (Wildman–Crippen LogP) is 1.43. The topological polar surface area (TPSA) is 119 Å². The van der Waals surface area contributed by atoms with Crippen LogP contribution in [0.1, 0.15) is 51.9 Å². The number of isocyanates is 1. The van der Waals surface area contributed by atoms with Crippen LogP contribution in [0.15, 0.2) is 4.99 Å². The van der Waals surface area contributed by atoms with E-state index in [1.165, 1.54) is 25.3 Å². The van der Waals surface area contributed by atoms with E-state index in [0.29, 0.717) is 19.5 Å². The fourth-order valence-electron chi connectivity index (χ4n) is 1.30. The molecule has 0 saturated carbocycles. The van der Waals surface area contributed by atoms with E-state index in [2.05, 4.69) is 11.9 Å². The van der Waals surface area contributed by atoms with Crippen molar-refractivity contribution in [1.82, 2.24) is 0 Å². The number of carbonyl (C=O) groups excluding carboxylic acids is 1. The van der Waals surface area contributed by atoms with Crippen LogP contribution in [0.2, 0.25) is 0 Å². The number of carbonyl (C=O) groups is 1. The van der Waals surface area contributed by atoms with Gasteiger partial charge in [0, 0.05) is 0 Å². The lowest BCUT2D eigenvalue weighted by Crippen LogP contribution is -2.29. The molecule has 0 radical (unpaired) electrons. The Hall–Kier alpha value is -1.23. The first-order chi connectivity index (χ1) is 9.09. The van der Waals surface area contributed by atoms with Crippen LogP contribution >= 0.6 is 0 Å². The lowest BCUT2D eigenvalue weighted by Gasteiger charge is -2.03. The first-order valence-corrected chi connectivity index (χ1v) is 6.82. The van der Waals surface area contributed by atoms with E-state index in [1.54, 1.807) is 0 Å². The van der Waals surface area contributed by atoms with Gasteiger partial charge in [-0.15, -0.1) is 0 Å². The third kappa shape index (κ3) is 19.3. The Balaban J connectivity index is 0. The van der Waals surface area contributed by atoms with E-state index in [4.69, 9.17) is 16.6 Å². The number of nitrogens with zero attached hydrogens (tertiary/aromatic N) is 1. The summed E-state index contributed by atoms with van der Waals surface area (Å²) in [5, 5.41) is 8.33. The second kappa shape index (κ2) is 16.8. The number of nitrogens with two attached hydrogens (primary N) is 2. The molecule has 6 nitrogen and oxygen atoms in total. The predicted molar refractivity (Wildman–Crippen MR) is 75.6 cm³/mol. The van der Waals surface area contributed by atoms with Gasteiger partial charge in [-0.25, -0.2) is 9.79 Å². The van der Waals surface area contributed by atoms with E-state index in [9.17, 15) is 9.59 Å². The van der Waals surface area contributed by atoms with E-state index >= 15 is 0 Å². The highest BCUT2D eigenvalue weighted by Gasteiger charge is 2.09. The van der Waals surface area contributed by atoms with Crippen molar-refractivity contribution in [3.8, 4) is 0 Å². The fraction of sp³-hybridized carbons (Fsp3) is 0.846. The molecular formula is C13H27N3O3. The van der Waals surface area contributed by atoms with Gasteiger partial charge in [0.05, 0.1) is 6.54 Å². The van der Waals surface area contributed by atoms with Gasteiger partial charge in [-0.05, 0) is 25.8 Å². The molecule has 0 amide bonds. The summed E-state index contributed by atoms with van der Waals surface area (Å²) in [5.74, 6) is -0.933. The van der Waals surface area contributed by atoms with E-state index in [1.807, 2.05) is 0 Å². The molecule has 0 unspecified atom stereocenters. The summed E-state index contributed by atoms with van der Waals surface area (Å²) in [6.45, 7) is 3.42. The largest absolute Gasteiger partial charge is 0.480 e. The average Bonchev–Trinajstić information content (AvgIpc) is 2.39. The van der Waals surface area contributed by atoms with Gasteiger partial charge in [-0.2, -0.15) is 0 Å². The smallest absolute Gasteiger partial charge is 0.320 e. The Labute approximate surface area is 115 Å². The van der Waals surface area contributed by atoms with Gasteiger partial charge in [0.2, 0.25) is 6.08 Å². The van der Waals surface area contributed by atoms with Gasteiger partial charge in [-0.1, -0.05) is 32.6 Å². The maximum absolute atomic E-state index is 10.1. The van der Waals surface area contributed by atoms with Crippen molar-refractivity contribution in [3.05, 3.63) is 0 Å². The van der Waals surface area contributed by atoms with Crippen LogP contribution in [-0.4, -0.2) is 36.3 Å². The van der Waals surface area contributed by atoms with E-state index in [0.717, 1.165) is 19.3 Å². The second-order valence-corrected chi connectivity index (χ2v) is 4.26. The summed E-state index contributed by atoms with van der Waals surface area (Å²) in [5.41, 5.74) is 10.4. The van der Waals surface area contributed by atoms with Crippen LogP contribution in [0.3, 0.4) is 0 Å². The van der Waals surface area contributed by atoms with Gasteiger partial charge in [0.15, 0.2) is 0 Å². The highest BCUT2D eigenvalue weighted by molar-refractivity contribution is 5.72. The lowest BCUT2D eigenvalue weighted by molar-refractivity contribution is -0.138. The zero-order chi connectivity index (χ0) is 14.9. The summed E-state index contributed by atoms with van der Waals surface area (Å²) >= 11 is 0. The molecule has 0 aliphatic carbocycles. The van der Waals surface area contributed by atoms with Gasteiger partial charge in [0.1, 0.15) is 6.04 Å². The lowest BCUT2D eigenvalue weighted by atomic mass is 10.1. The van der Waals surface area contributed by atoms with Crippen LogP contribution in [0.5, 0.6) is 0 Å². The summed E-state index contributed by atoms with van der Waals surface area (Å²) in [6, 6.07) is -0.716. The Kier molecular flexibility index (Phi) is 17.7. The first-order valence-electron chi connectivity index (χ1n) is 6.82. The van der Waals surface area contributed by atoms with Crippen molar-refractivity contribution in [1.29, 1.82) is 0 Å². The van der Waals surface area contributed by atoms with Crippen molar-refractivity contribution in [2.75, 3.05) is 13.1 Å². The minimum absolute atomic E-state index is 0.520. The molecule has 0 saturated heterocycles. The van der Waals surface area contributed by atoms with Crippen molar-refractivity contribution >= 4 is 12.0 Å². The molecule has 0 aliphatic heterocycles. The zero-order valence-electron chi connectivity index (χ0n) is 11.8. The minimum Gasteiger partial charge on any atom is -0.480 e. The summed E-state index contributed by atoms with van der Waals surface area (Å²) < 4.78 is 0. The number of hydrogen-bond donors (Lipinski definition) is 3. The highest BCUT2D eigenvalue weighted by atomic mass is 16.4. The van der Waals surface area contributed by atoms with Gasteiger partial charge in [0.25, 0.3) is 0 Å². The summed E-state index contributed by atoms with van der Waals surface area (Å²) in [4.78, 5) is 23.1. The molecule has 19 heavy (non-hydrogen) atoms. The van der Waals surface area contributed by atoms with Crippen LogP contribution in [0, 0.1) is 0 Å². The summed E-state index contributed by atoms with van der Waals surface area (Å²) in [6.07, 6.45) is 8.37. The highest BCUT2D eigenvalue weighted by Crippen LogP contribution is 1.98. The van der Waals surface area contributed by atoms with Crippen molar-refractivity contribution in [3.63, 3.8) is 0 Å². The molecule has 0 aromatic rings. The first kappa shape index (κ1) is 20.1. The third-order valence-electron chi connectivity index (χ3n) is 2.47. The number of carboxylic acids is 1. The Bertz CT molecular complexity index is 254. The van der Waals surface area contributed by atoms with Crippen LogP contribution in [-0.2, 0) is 9.59 Å². The molecule has 0 rings (SSSR count). The number of unbranched alkanes of at least 4 members (excludes halogenated alkanes) is 4. The number of hydrogen-bond acceptors (Lipinski definition) is 5. The molecule has 112 valence electrons. The molecule has 0 aromatic carbocycles. The fourth-order valence-corrected chi connectivity index (χ4v) is 1.30. The molecule has 0 aromatic heterocycles. The van der Waals surface area contributed by atoms with Gasteiger partial charge < -0.3 is 16.6 Å². The average molecular weight is 273 g/mol. The van der Waals surface area contributed by atoms with Crippen molar-refractivity contribution < 1.29 is 14.7 Å². The Morgan fingerprint density at radius 2 is 1.95 bits per heavy atom. The van der Waals surface area contributed by atoms with Crippen molar-refractivity contribution in [2.24, 2.45) is 16.5 Å². The van der Waals surface area contributed by atoms with Gasteiger partial charge in [-0.3, -0.25) is 4.79 Å². The molecular weight excluding hydrogens is 246 g/mol. The van der Waals surface area contributed by atoms with Crippen LogP contribution < -0.4 is 11.5 Å². The number of carboxylic acid groups (broad SMARTS) is 1. The molecule has 6 heteroatoms. The molecule has 0 fully saturated rings. The van der Waals surface area contributed by atoms with Crippen LogP contribution in [0.25, 0.3) is 0 Å². The molecule has 1 atom stereocenters. The SMILES string of the molecule is CCCCCCN=C=O.NCCCC[C@H](N)C(=O)O. The summed E-state index contributed by atoms with van der Waals surface area (Å²) in [7, 11) is 0. The molecule has 0 aliphatic rings. The van der Waals surface area contributed by atoms with Crippen LogP contribution in [0.4, 0.5) is 0 Å². The quantitative estimate of drug-likeness (QED) is 0.316. The maximum Gasteiger partial charge on any atom is 0.320 e. The molecule has 0 heterocycles. The maximum atomic E-state index is 10.1. The van der Waals surface area contributed by atoms with Crippen molar-refractivity contribution in [2.45, 2.75) is 57.9 Å². The minimum atomic E-state index is -0.933. The second-order valence-electron chi connectivity index (χ2n) is 4.26. The standard InChI is InChI=1S/C7H13NO.C6H14N2O2/c1-2-3-4-5-6-8-7-9;7-4-2-1-3-5(8)6(9)10/h2-6H2,1H3;5H,1-4,7-8H2,(H,9,10)/t;5-/m.0/s1.